The van der Waals surface area contributed by atoms with Gasteiger partial charge in [0.25, 0.3) is 0 Å². The number of urea groups is 1. The predicted molar refractivity (Wildman–Crippen MR) is 77.2 cm³/mol. The maximum absolute atomic E-state index is 11.8. The van der Waals surface area contributed by atoms with Crippen molar-refractivity contribution in [1.82, 2.24) is 15.5 Å². The third-order valence-electron chi connectivity index (χ3n) is 4.24. The highest BCUT2D eigenvalue weighted by atomic mass is 16.5. The second-order valence-corrected chi connectivity index (χ2v) is 6.00. The van der Waals surface area contributed by atoms with Gasteiger partial charge in [0, 0.05) is 25.7 Å². The van der Waals surface area contributed by atoms with Crippen LogP contribution in [0.15, 0.2) is 0 Å². The van der Waals surface area contributed by atoms with Crippen molar-refractivity contribution in [3.05, 3.63) is 0 Å². The molecule has 1 aliphatic heterocycles. The molecule has 1 saturated heterocycles. The van der Waals surface area contributed by atoms with E-state index in [-0.39, 0.29) is 24.1 Å². The summed E-state index contributed by atoms with van der Waals surface area (Å²) in [5, 5.41) is 14.7. The summed E-state index contributed by atoms with van der Waals surface area (Å²) in [5.41, 5.74) is 0. The molecule has 3 N–H and O–H groups in total. The van der Waals surface area contributed by atoms with Crippen LogP contribution in [0.5, 0.6) is 0 Å². The number of carbonyl (C=O) groups excluding carboxylic acids is 1. The van der Waals surface area contributed by atoms with Crippen LogP contribution in [0.1, 0.15) is 25.7 Å². The number of hydrogen-bond acceptors (Lipinski definition) is 4. The van der Waals surface area contributed by atoms with E-state index in [1.165, 1.54) is 0 Å². The molecule has 1 unspecified atom stereocenters. The molecule has 0 aromatic heterocycles. The van der Waals surface area contributed by atoms with Crippen LogP contribution in [0.3, 0.4) is 0 Å². The molecule has 1 saturated carbocycles. The van der Waals surface area contributed by atoms with Gasteiger partial charge < -0.3 is 25.4 Å². The van der Waals surface area contributed by atoms with Crippen LogP contribution in [0.2, 0.25) is 0 Å². The molecule has 1 atom stereocenters. The van der Waals surface area contributed by atoms with E-state index < -0.39 is 5.97 Å². The quantitative estimate of drug-likeness (QED) is 0.693. The molecule has 120 valence electrons. The van der Waals surface area contributed by atoms with Crippen molar-refractivity contribution in [2.75, 3.05) is 33.3 Å². The molecule has 2 aliphatic rings. The highest BCUT2D eigenvalue weighted by molar-refractivity contribution is 5.74. The lowest BCUT2D eigenvalue weighted by Gasteiger charge is -2.30. The summed E-state index contributed by atoms with van der Waals surface area (Å²) in [5.74, 6) is -0.978. The maximum atomic E-state index is 11.8. The topological polar surface area (TPSA) is 90.9 Å². The van der Waals surface area contributed by atoms with Gasteiger partial charge in [-0.3, -0.25) is 4.79 Å². The minimum atomic E-state index is -0.725. The first-order valence-electron chi connectivity index (χ1n) is 7.62. The summed E-state index contributed by atoms with van der Waals surface area (Å²) in [4.78, 5) is 24.9. The van der Waals surface area contributed by atoms with Crippen LogP contribution in [-0.4, -0.2) is 67.4 Å². The van der Waals surface area contributed by atoms with Gasteiger partial charge in [-0.25, -0.2) is 4.79 Å². The zero-order valence-electron chi connectivity index (χ0n) is 12.5. The summed E-state index contributed by atoms with van der Waals surface area (Å²) in [6, 6.07) is -0.110. The Labute approximate surface area is 125 Å². The third-order valence-corrected chi connectivity index (χ3v) is 4.24. The van der Waals surface area contributed by atoms with E-state index in [1.54, 1.807) is 0 Å². The predicted octanol–water partition coefficient (Wildman–Crippen LogP) is 0.260. The second-order valence-electron chi connectivity index (χ2n) is 6.00. The summed E-state index contributed by atoms with van der Waals surface area (Å²) < 4.78 is 5.58. The monoisotopic (exact) mass is 299 g/mol. The van der Waals surface area contributed by atoms with Crippen LogP contribution >= 0.6 is 0 Å². The van der Waals surface area contributed by atoms with Crippen molar-refractivity contribution < 1.29 is 19.4 Å². The van der Waals surface area contributed by atoms with Crippen LogP contribution in [0.4, 0.5) is 4.79 Å². The molecule has 1 aliphatic carbocycles. The van der Waals surface area contributed by atoms with Crippen molar-refractivity contribution in [2.24, 2.45) is 5.92 Å². The number of aliphatic carboxylic acids is 1. The van der Waals surface area contributed by atoms with Gasteiger partial charge in [0.15, 0.2) is 0 Å². The summed E-state index contributed by atoms with van der Waals surface area (Å²) in [6.45, 7) is 2.95. The van der Waals surface area contributed by atoms with Crippen LogP contribution in [-0.2, 0) is 9.53 Å². The minimum Gasteiger partial charge on any atom is -0.481 e. The summed E-state index contributed by atoms with van der Waals surface area (Å²) in [6.07, 6.45) is 2.77. The van der Waals surface area contributed by atoms with E-state index in [9.17, 15) is 9.59 Å². The third kappa shape index (κ3) is 5.17. The molecule has 21 heavy (non-hydrogen) atoms. The molecule has 2 amide bonds. The average Bonchev–Trinajstić information content (AvgIpc) is 2.46. The first-order chi connectivity index (χ1) is 10.0. The van der Waals surface area contributed by atoms with Gasteiger partial charge >= 0.3 is 12.0 Å². The molecule has 0 aromatic carbocycles. The Balaban J connectivity index is 1.62. The molecule has 0 bridgehead atoms. The molecule has 0 aromatic rings. The van der Waals surface area contributed by atoms with Crippen molar-refractivity contribution in [2.45, 2.75) is 37.8 Å². The smallest absolute Gasteiger partial charge is 0.315 e. The first kappa shape index (κ1) is 16.0. The Bertz CT molecular complexity index is 369. The van der Waals surface area contributed by atoms with E-state index in [2.05, 4.69) is 15.5 Å². The zero-order valence-corrected chi connectivity index (χ0v) is 12.5. The van der Waals surface area contributed by atoms with E-state index in [0.29, 0.717) is 26.0 Å². The number of carboxylic acid groups (broad SMARTS) is 1. The average molecular weight is 299 g/mol. The van der Waals surface area contributed by atoms with E-state index in [4.69, 9.17) is 9.84 Å². The highest BCUT2D eigenvalue weighted by Gasteiger charge is 2.27. The van der Waals surface area contributed by atoms with Gasteiger partial charge in [0.1, 0.15) is 0 Å². The van der Waals surface area contributed by atoms with Crippen molar-refractivity contribution in [1.29, 1.82) is 0 Å². The fraction of sp³-hybridized carbons (Fsp3) is 0.857. The standard InChI is InChI=1S/C14H25N3O4/c1-17-6-7-21-12(9-17)8-15-14(20)16-11-4-2-10(3-5-11)13(18)19/h10-12H,2-9H2,1H3,(H,18,19)(H2,15,16,20). The zero-order chi connectivity index (χ0) is 15.2. The Morgan fingerprint density at radius 1 is 1.29 bits per heavy atom. The number of nitrogens with one attached hydrogen (secondary N) is 2. The number of carboxylic acids is 1. The fourth-order valence-electron chi connectivity index (χ4n) is 2.92. The molecule has 1 heterocycles. The first-order valence-corrected chi connectivity index (χ1v) is 7.62. The maximum Gasteiger partial charge on any atom is 0.315 e. The Morgan fingerprint density at radius 3 is 2.62 bits per heavy atom. The molecule has 0 radical (unpaired) electrons. The van der Waals surface area contributed by atoms with Crippen molar-refractivity contribution >= 4 is 12.0 Å². The number of amides is 2. The molecule has 2 fully saturated rings. The summed E-state index contributed by atoms with van der Waals surface area (Å²) >= 11 is 0. The largest absolute Gasteiger partial charge is 0.481 e. The van der Waals surface area contributed by atoms with E-state index >= 15 is 0 Å². The number of rotatable bonds is 4. The van der Waals surface area contributed by atoms with E-state index in [0.717, 1.165) is 25.9 Å². The molecule has 7 nitrogen and oxygen atoms in total. The lowest BCUT2D eigenvalue weighted by Crippen LogP contribution is -2.50. The SMILES string of the molecule is CN1CCOC(CNC(=O)NC2CCC(C(=O)O)CC2)C1. The highest BCUT2D eigenvalue weighted by Crippen LogP contribution is 2.24. The van der Waals surface area contributed by atoms with Crippen LogP contribution in [0.25, 0.3) is 0 Å². The lowest BCUT2D eigenvalue weighted by molar-refractivity contribution is -0.142. The Hall–Kier alpha value is -1.34. The number of carbonyl (C=O) groups is 2. The second kappa shape index (κ2) is 7.61. The van der Waals surface area contributed by atoms with Crippen molar-refractivity contribution in [3.8, 4) is 0 Å². The van der Waals surface area contributed by atoms with E-state index in [1.807, 2.05) is 7.05 Å². The number of morpholine rings is 1. The molecule has 2 rings (SSSR count). The molecular weight excluding hydrogens is 274 g/mol. The van der Waals surface area contributed by atoms with Gasteiger partial charge in [-0.05, 0) is 32.7 Å². The van der Waals surface area contributed by atoms with Gasteiger partial charge in [-0.1, -0.05) is 0 Å². The minimum absolute atomic E-state index is 0.0391. The van der Waals surface area contributed by atoms with Crippen LogP contribution in [0, 0.1) is 5.92 Å². The van der Waals surface area contributed by atoms with Gasteiger partial charge in [0.05, 0.1) is 18.6 Å². The number of likely N-dealkylation sites (N-methyl/N-ethyl adjacent to an activating group) is 1. The Morgan fingerprint density at radius 2 is 2.00 bits per heavy atom. The molecule has 0 spiro atoms. The fourth-order valence-corrected chi connectivity index (χ4v) is 2.92. The number of nitrogens with zero attached hydrogens (tertiary/aromatic N) is 1. The normalized spacial score (nSPS) is 30.6. The molecular formula is C14H25N3O4. The van der Waals surface area contributed by atoms with Crippen molar-refractivity contribution in [3.63, 3.8) is 0 Å². The number of hydrogen-bond donors (Lipinski definition) is 3. The summed E-state index contributed by atoms with van der Waals surface area (Å²) in [7, 11) is 2.04. The van der Waals surface area contributed by atoms with Gasteiger partial charge in [0.2, 0.25) is 0 Å². The molecule has 7 heteroatoms. The number of ether oxygens (including phenoxy) is 1. The van der Waals surface area contributed by atoms with Crippen LogP contribution < -0.4 is 10.6 Å². The Kier molecular flexibility index (Phi) is 5.81. The van der Waals surface area contributed by atoms with Gasteiger partial charge in [-0.2, -0.15) is 0 Å². The lowest BCUT2D eigenvalue weighted by atomic mass is 9.86. The van der Waals surface area contributed by atoms with Gasteiger partial charge in [-0.15, -0.1) is 0 Å².